The molecule has 18 heavy (non-hydrogen) atoms. The molecule has 0 amide bonds. The Morgan fingerprint density at radius 3 is 2.83 bits per heavy atom. The van der Waals surface area contributed by atoms with Gasteiger partial charge >= 0.3 is 5.97 Å². The van der Waals surface area contributed by atoms with Crippen LogP contribution in [0.25, 0.3) is 11.1 Å². The summed E-state index contributed by atoms with van der Waals surface area (Å²) < 4.78 is 28.0. The largest absolute Gasteiger partial charge is 0.481 e. The van der Waals surface area contributed by atoms with Gasteiger partial charge in [-0.2, -0.15) is 0 Å². The normalized spacial score (nSPS) is 11.8. The van der Waals surface area contributed by atoms with E-state index in [9.17, 15) is 13.2 Å². The summed E-state index contributed by atoms with van der Waals surface area (Å²) in [4.78, 5) is 14.6. The van der Waals surface area contributed by atoms with Crippen molar-refractivity contribution in [2.24, 2.45) is 0 Å². The molecule has 2 rings (SSSR count). The monoisotopic (exact) mass is 287 g/mol. The van der Waals surface area contributed by atoms with Crippen molar-refractivity contribution in [1.82, 2.24) is 4.98 Å². The number of benzene rings is 1. The minimum atomic E-state index is -3.30. The Hall–Kier alpha value is -1.54. The van der Waals surface area contributed by atoms with Gasteiger partial charge in [0.05, 0.1) is 4.90 Å². The Bertz CT molecular complexity index is 704. The molecule has 6 nitrogen and oxygen atoms in total. The van der Waals surface area contributed by atoms with E-state index in [0.717, 1.165) is 18.0 Å². The van der Waals surface area contributed by atoms with Crippen LogP contribution in [0.3, 0.4) is 0 Å². The number of oxazole rings is 1. The lowest BCUT2D eigenvalue weighted by atomic mass is 10.3. The standard InChI is InChI=1S/C10H9NO5S2/c1-18(14,15)6-2-3-7-8(4-6)16-10(11-7)17-5-9(12)13/h2-4H,5H2,1H3,(H,12,13). The average Bonchev–Trinajstić information content (AvgIpc) is 2.66. The van der Waals surface area contributed by atoms with Gasteiger partial charge in [0.2, 0.25) is 0 Å². The smallest absolute Gasteiger partial charge is 0.314 e. The zero-order chi connectivity index (χ0) is 13.3. The first-order valence-electron chi connectivity index (χ1n) is 4.81. The van der Waals surface area contributed by atoms with E-state index in [1.54, 1.807) is 0 Å². The molecule has 8 heteroatoms. The Morgan fingerprint density at radius 2 is 2.22 bits per heavy atom. The SMILES string of the molecule is CS(=O)(=O)c1ccc2nc(SCC(=O)O)oc2c1. The maximum Gasteiger partial charge on any atom is 0.314 e. The summed E-state index contributed by atoms with van der Waals surface area (Å²) in [6, 6.07) is 4.34. The van der Waals surface area contributed by atoms with Crippen molar-refractivity contribution in [3.05, 3.63) is 18.2 Å². The van der Waals surface area contributed by atoms with Gasteiger partial charge in [0.25, 0.3) is 5.22 Å². The van der Waals surface area contributed by atoms with Crippen LogP contribution < -0.4 is 0 Å². The number of fused-ring (bicyclic) bond motifs is 1. The van der Waals surface area contributed by atoms with E-state index < -0.39 is 15.8 Å². The van der Waals surface area contributed by atoms with Crippen LogP contribution in [0, 0.1) is 0 Å². The molecule has 0 aliphatic heterocycles. The molecule has 0 saturated carbocycles. The second-order valence-corrected chi connectivity index (χ2v) is 6.51. The summed E-state index contributed by atoms with van der Waals surface area (Å²) in [6.07, 6.45) is 1.10. The summed E-state index contributed by atoms with van der Waals surface area (Å²) in [5.74, 6) is -1.13. The van der Waals surface area contributed by atoms with Gasteiger partial charge in [0.1, 0.15) is 11.3 Å². The topological polar surface area (TPSA) is 97.5 Å². The van der Waals surface area contributed by atoms with Crippen molar-refractivity contribution in [2.75, 3.05) is 12.0 Å². The van der Waals surface area contributed by atoms with Crippen LogP contribution in [0.4, 0.5) is 0 Å². The van der Waals surface area contributed by atoms with Crippen molar-refractivity contribution >= 4 is 38.7 Å². The highest BCUT2D eigenvalue weighted by Gasteiger charge is 2.12. The number of hydrogen-bond donors (Lipinski definition) is 1. The molecule has 96 valence electrons. The van der Waals surface area contributed by atoms with Gasteiger partial charge in [-0.25, -0.2) is 13.4 Å². The fourth-order valence-electron chi connectivity index (χ4n) is 1.30. The maximum atomic E-state index is 11.4. The number of sulfone groups is 1. The lowest BCUT2D eigenvalue weighted by Crippen LogP contribution is -1.97. The zero-order valence-electron chi connectivity index (χ0n) is 9.28. The molecular formula is C10H9NO5S2. The minimum Gasteiger partial charge on any atom is -0.481 e. The lowest BCUT2D eigenvalue weighted by molar-refractivity contribution is -0.133. The second kappa shape index (κ2) is 4.62. The van der Waals surface area contributed by atoms with Gasteiger partial charge in [-0.1, -0.05) is 11.8 Å². The van der Waals surface area contributed by atoms with Crippen LogP contribution in [0.5, 0.6) is 0 Å². The summed E-state index contributed by atoms with van der Waals surface area (Å²) in [6.45, 7) is 0. The Kier molecular flexibility index (Phi) is 3.31. The number of aromatic nitrogens is 1. The molecule has 0 saturated heterocycles. The minimum absolute atomic E-state index is 0.140. The zero-order valence-corrected chi connectivity index (χ0v) is 10.9. The van der Waals surface area contributed by atoms with Gasteiger partial charge in [-0.05, 0) is 12.1 Å². The van der Waals surface area contributed by atoms with Gasteiger partial charge in [-0.3, -0.25) is 4.79 Å². The van der Waals surface area contributed by atoms with Gasteiger partial charge in [0.15, 0.2) is 15.4 Å². The molecule has 0 aliphatic carbocycles. The maximum absolute atomic E-state index is 11.4. The summed E-state index contributed by atoms with van der Waals surface area (Å²) in [7, 11) is -3.30. The first kappa shape index (κ1) is 12.9. The fourth-order valence-corrected chi connectivity index (χ4v) is 2.49. The molecule has 0 spiro atoms. The number of hydrogen-bond acceptors (Lipinski definition) is 6. The molecule has 2 aromatic rings. The predicted molar refractivity (Wildman–Crippen MR) is 65.5 cm³/mol. The number of carbonyl (C=O) groups is 1. The van der Waals surface area contributed by atoms with E-state index in [1.165, 1.54) is 18.2 Å². The second-order valence-electron chi connectivity index (χ2n) is 3.56. The van der Waals surface area contributed by atoms with Crippen LogP contribution in [0.15, 0.2) is 32.7 Å². The number of nitrogens with zero attached hydrogens (tertiary/aromatic N) is 1. The van der Waals surface area contributed by atoms with E-state index >= 15 is 0 Å². The Labute approximate surface area is 107 Å². The highest BCUT2D eigenvalue weighted by atomic mass is 32.2. The highest BCUT2D eigenvalue weighted by Crippen LogP contribution is 2.25. The number of thioether (sulfide) groups is 1. The third-order valence-corrected chi connectivity index (χ3v) is 4.01. The first-order chi connectivity index (χ1) is 8.36. The molecule has 0 radical (unpaired) electrons. The van der Waals surface area contributed by atoms with Crippen molar-refractivity contribution in [2.45, 2.75) is 10.1 Å². The highest BCUT2D eigenvalue weighted by molar-refractivity contribution is 7.99. The van der Waals surface area contributed by atoms with Crippen molar-refractivity contribution in [3.63, 3.8) is 0 Å². The number of rotatable bonds is 4. The lowest BCUT2D eigenvalue weighted by Gasteiger charge is -1.95. The third kappa shape index (κ3) is 2.82. The predicted octanol–water partition coefficient (Wildman–Crippen LogP) is 1.41. The summed E-state index contributed by atoms with van der Waals surface area (Å²) in [5, 5.41) is 8.74. The Morgan fingerprint density at radius 1 is 1.50 bits per heavy atom. The van der Waals surface area contributed by atoms with E-state index in [4.69, 9.17) is 9.52 Å². The molecule has 0 atom stereocenters. The van der Waals surface area contributed by atoms with Crippen LogP contribution in [-0.2, 0) is 14.6 Å². The van der Waals surface area contributed by atoms with Crippen LogP contribution in [-0.4, -0.2) is 36.5 Å². The van der Waals surface area contributed by atoms with Gasteiger partial charge in [0, 0.05) is 12.3 Å². The number of carboxylic acids is 1. The Balaban J connectivity index is 2.37. The number of carboxylic acid groups (broad SMARTS) is 1. The quantitative estimate of drug-likeness (QED) is 0.849. The molecule has 1 aromatic heterocycles. The average molecular weight is 287 g/mol. The van der Waals surface area contributed by atoms with E-state index in [2.05, 4.69) is 4.98 Å². The van der Waals surface area contributed by atoms with E-state index in [0.29, 0.717) is 11.1 Å². The molecule has 0 unspecified atom stereocenters. The summed E-state index contributed by atoms with van der Waals surface area (Å²) >= 11 is 0.941. The molecule has 0 aliphatic rings. The molecule has 0 fully saturated rings. The molecule has 1 aromatic carbocycles. The van der Waals surface area contributed by atoms with Crippen LogP contribution >= 0.6 is 11.8 Å². The van der Waals surface area contributed by atoms with Crippen LogP contribution in [0.1, 0.15) is 0 Å². The molecule has 1 N–H and O–H groups in total. The van der Waals surface area contributed by atoms with Gasteiger partial charge < -0.3 is 9.52 Å². The first-order valence-corrected chi connectivity index (χ1v) is 7.69. The number of aliphatic carboxylic acids is 1. The summed E-state index contributed by atoms with van der Waals surface area (Å²) in [5.41, 5.74) is 0.820. The van der Waals surface area contributed by atoms with Crippen LogP contribution in [0.2, 0.25) is 0 Å². The molecule has 1 heterocycles. The van der Waals surface area contributed by atoms with E-state index in [1.807, 2.05) is 0 Å². The fraction of sp³-hybridized carbons (Fsp3) is 0.200. The van der Waals surface area contributed by atoms with Crippen molar-refractivity contribution in [1.29, 1.82) is 0 Å². The van der Waals surface area contributed by atoms with Gasteiger partial charge in [-0.15, -0.1) is 0 Å². The van der Waals surface area contributed by atoms with Crippen molar-refractivity contribution < 1.29 is 22.7 Å². The van der Waals surface area contributed by atoms with E-state index in [-0.39, 0.29) is 15.9 Å². The molecular weight excluding hydrogens is 278 g/mol. The van der Waals surface area contributed by atoms with Crippen molar-refractivity contribution in [3.8, 4) is 0 Å². The molecule has 0 bridgehead atoms. The third-order valence-electron chi connectivity index (χ3n) is 2.09.